The van der Waals surface area contributed by atoms with Gasteiger partial charge in [-0.05, 0) is 68.6 Å². The fourth-order valence-electron chi connectivity index (χ4n) is 5.50. The number of rotatable bonds is 8. The fraction of sp³-hybridized carbons (Fsp3) is 0.481. The van der Waals surface area contributed by atoms with Gasteiger partial charge >= 0.3 is 0 Å². The van der Waals surface area contributed by atoms with Crippen molar-refractivity contribution >= 4 is 17.5 Å². The van der Waals surface area contributed by atoms with Crippen LogP contribution in [0.5, 0.6) is 0 Å². The Bertz CT molecular complexity index is 1180. The number of aromatic nitrogens is 4. The lowest BCUT2D eigenvalue weighted by atomic mass is 9.90. The molecular formula is C27H33N7O. The predicted molar refractivity (Wildman–Crippen MR) is 134 cm³/mol. The number of anilines is 2. The third kappa shape index (κ3) is 5.22. The second-order valence-corrected chi connectivity index (χ2v) is 10.2. The molecule has 1 atom stereocenters. The van der Waals surface area contributed by atoms with E-state index in [1.807, 2.05) is 12.1 Å². The van der Waals surface area contributed by atoms with Gasteiger partial charge in [0.1, 0.15) is 11.6 Å². The number of amides is 1. The second kappa shape index (κ2) is 9.77. The maximum Gasteiger partial charge on any atom is 0.227 e. The summed E-state index contributed by atoms with van der Waals surface area (Å²) < 4.78 is 0. The van der Waals surface area contributed by atoms with Gasteiger partial charge in [-0.25, -0.2) is 9.97 Å². The van der Waals surface area contributed by atoms with E-state index >= 15 is 0 Å². The molecular weight excluding hydrogens is 438 g/mol. The van der Waals surface area contributed by atoms with Crippen LogP contribution in [-0.4, -0.2) is 38.2 Å². The predicted octanol–water partition coefficient (Wildman–Crippen LogP) is 4.07. The molecule has 1 aromatic carbocycles. The molecule has 0 spiro atoms. The highest BCUT2D eigenvalue weighted by Gasteiger charge is 2.30. The standard InChI is InChI=1S/C27H33N7O/c35-27(22-12-7-17-3-1-2-4-21(17)22)30-20-10-8-19(9-11-20)29-16-26-28-14-13-24(32-26)31-25-15-23(33-34-25)18-5-6-18/h1-4,13-15,18-20,22,29H,5-12,16H2,(H,30,35)(H2,28,31,32,33,34). The summed E-state index contributed by atoms with van der Waals surface area (Å²) in [6.07, 6.45) is 10.3. The molecule has 0 saturated heterocycles. The first-order valence-corrected chi connectivity index (χ1v) is 13.0. The zero-order valence-electron chi connectivity index (χ0n) is 20.0. The number of hydrogen-bond acceptors (Lipinski definition) is 6. The van der Waals surface area contributed by atoms with Gasteiger partial charge < -0.3 is 16.0 Å². The Hall–Kier alpha value is -3.26. The van der Waals surface area contributed by atoms with Gasteiger partial charge in [0.25, 0.3) is 0 Å². The van der Waals surface area contributed by atoms with Crippen LogP contribution in [0.3, 0.4) is 0 Å². The normalized spacial score (nSPS) is 23.6. The van der Waals surface area contributed by atoms with Crippen LogP contribution in [0.2, 0.25) is 0 Å². The van der Waals surface area contributed by atoms with Gasteiger partial charge in [-0.15, -0.1) is 0 Å². The first kappa shape index (κ1) is 22.2. The van der Waals surface area contributed by atoms with Gasteiger partial charge in [0.2, 0.25) is 5.91 Å². The van der Waals surface area contributed by atoms with Gasteiger partial charge in [0.05, 0.1) is 12.5 Å². The molecule has 0 radical (unpaired) electrons. The van der Waals surface area contributed by atoms with E-state index in [1.54, 1.807) is 6.20 Å². The molecule has 0 bridgehead atoms. The zero-order valence-corrected chi connectivity index (χ0v) is 20.0. The minimum Gasteiger partial charge on any atom is -0.353 e. The quantitative estimate of drug-likeness (QED) is 0.395. The number of nitrogens with zero attached hydrogens (tertiary/aromatic N) is 3. The van der Waals surface area contributed by atoms with Crippen LogP contribution in [-0.2, 0) is 17.8 Å². The van der Waals surface area contributed by atoms with Crippen molar-refractivity contribution in [1.82, 2.24) is 30.8 Å². The Labute approximate surface area is 205 Å². The Kier molecular flexibility index (Phi) is 6.21. The van der Waals surface area contributed by atoms with E-state index in [-0.39, 0.29) is 17.9 Å². The molecule has 35 heavy (non-hydrogen) atoms. The Morgan fingerprint density at radius 2 is 1.80 bits per heavy atom. The molecule has 6 rings (SSSR count). The molecule has 2 heterocycles. The summed E-state index contributed by atoms with van der Waals surface area (Å²) in [5.41, 5.74) is 3.74. The summed E-state index contributed by atoms with van der Waals surface area (Å²) >= 11 is 0. The molecule has 2 saturated carbocycles. The first-order valence-electron chi connectivity index (χ1n) is 13.0. The van der Waals surface area contributed by atoms with Crippen molar-refractivity contribution in [3.05, 3.63) is 65.2 Å². The second-order valence-electron chi connectivity index (χ2n) is 10.2. The third-order valence-corrected chi connectivity index (χ3v) is 7.65. The molecule has 3 aliphatic carbocycles. The summed E-state index contributed by atoms with van der Waals surface area (Å²) in [7, 11) is 0. The van der Waals surface area contributed by atoms with Crippen molar-refractivity contribution in [2.75, 3.05) is 5.32 Å². The van der Waals surface area contributed by atoms with Crippen LogP contribution in [0.15, 0.2) is 42.6 Å². The minimum absolute atomic E-state index is 0.0156. The smallest absolute Gasteiger partial charge is 0.227 e. The molecule has 4 N–H and O–H groups in total. The number of aryl methyl sites for hydroxylation is 1. The number of aromatic amines is 1. The Morgan fingerprint density at radius 1 is 0.971 bits per heavy atom. The van der Waals surface area contributed by atoms with Crippen LogP contribution in [0.1, 0.15) is 79.4 Å². The molecule has 0 aliphatic heterocycles. The number of carbonyl (C=O) groups is 1. The molecule has 182 valence electrons. The van der Waals surface area contributed by atoms with Crippen LogP contribution in [0.4, 0.5) is 11.6 Å². The van der Waals surface area contributed by atoms with Crippen LogP contribution in [0.25, 0.3) is 0 Å². The van der Waals surface area contributed by atoms with E-state index in [2.05, 4.69) is 60.4 Å². The molecule has 3 aromatic rings. The van der Waals surface area contributed by atoms with Crippen LogP contribution < -0.4 is 16.0 Å². The number of hydrogen-bond donors (Lipinski definition) is 4. The molecule has 8 heteroatoms. The maximum atomic E-state index is 12.9. The van der Waals surface area contributed by atoms with Gasteiger partial charge in [-0.1, -0.05) is 24.3 Å². The molecule has 1 amide bonds. The highest BCUT2D eigenvalue weighted by Crippen LogP contribution is 2.39. The summed E-state index contributed by atoms with van der Waals surface area (Å²) in [4.78, 5) is 22.0. The van der Waals surface area contributed by atoms with Crippen molar-refractivity contribution in [2.24, 2.45) is 0 Å². The van der Waals surface area contributed by atoms with Crippen molar-refractivity contribution in [3.63, 3.8) is 0 Å². The van der Waals surface area contributed by atoms with E-state index in [9.17, 15) is 4.79 Å². The molecule has 2 fully saturated rings. The molecule has 8 nitrogen and oxygen atoms in total. The third-order valence-electron chi connectivity index (χ3n) is 7.65. The first-order chi connectivity index (χ1) is 17.2. The average molecular weight is 472 g/mol. The summed E-state index contributed by atoms with van der Waals surface area (Å²) in [6.45, 7) is 0.629. The van der Waals surface area contributed by atoms with Crippen LogP contribution in [0, 0.1) is 0 Å². The van der Waals surface area contributed by atoms with Crippen molar-refractivity contribution in [3.8, 4) is 0 Å². The Balaban J connectivity index is 0.956. The maximum absolute atomic E-state index is 12.9. The molecule has 1 unspecified atom stereocenters. The summed E-state index contributed by atoms with van der Waals surface area (Å²) in [6, 6.07) is 13.0. The number of benzene rings is 1. The van der Waals surface area contributed by atoms with Crippen molar-refractivity contribution < 1.29 is 4.79 Å². The summed E-state index contributed by atoms with van der Waals surface area (Å²) in [5, 5.41) is 17.7. The lowest BCUT2D eigenvalue weighted by molar-refractivity contribution is -0.123. The van der Waals surface area contributed by atoms with E-state index in [0.717, 1.165) is 56.0 Å². The number of carbonyl (C=O) groups excluding carboxylic acids is 1. The largest absolute Gasteiger partial charge is 0.353 e. The highest BCUT2D eigenvalue weighted by atomic mass is 16.1. The lowest BCUT2D eigenvalue weighted by Crippen LogP contribution is -2.43. The molecule has 3 aliphatic rings. The summed E-state index contributed by atoms with van der Waals surface area (Å²) in [5.74, 6) is 3.18. The van der Waals surface area contributed by atoms with Gasteiger partial charge in [0.15, 0.2) is 5.82 Å². The van der Waals surface area contributed by atoms with Gasteiger partial charge in [-0.2, -0.15) is 5.10 Å². The average Bonchev–Trinajstić information content (AvgIpc) is 3.47. The van der Waals surface area contributed by atoms with Crippen LogP contribution >= 0.6 is 0 Å². The van der Waals surface area contributed by atoms with E-state index < -0.39 is 0 Å². The van der Waals surface area contributed by atoms with E-state index in [0.29, 0.717) is 18.5 Å². The highest BCUT2D eigenvalue weighted by molar-refractivity contribution is 5.85. The van der Waals surface area contributed by atoms with Gasteiger partial charge in [-0.3, -0.25) is 9.89 Å². The van der Waals surface area contributed by atoms with Crippen molar-refractivity contribution in [2.45, 2.75) is 81.8 Å². The Morgan fingerprint density at radius 3 is 2.66 bits per heavy atom. The monoisotopic (exact) mass is 471 g/mol. The molecule has 2 aromatic heterocycles. The van der Waals surface area contributed by atoms with Gasteiger partial charge in [0, 0.05) is 36.0 Å². The number of nitrogens with one attached hydrogen (secondary N) is 4. The van der Waals surface area contributed by atoms with E-state index in [4.69, 9.17) is 0 Å². The lowest BCUT2D eigenvalue weighted by Gasteiger charge is -2.30. The van der Waals surface area contributed by atoms with Crippen molar-refractivity contribution in [1.29, 1.82) is 0 Å². The number of fused-ring (bicyclic) bond motifs is 1. The fourth-order valence-corrected chi connectivity index (χ4v) is 5.50. The topological polar surface area (TPSA) is 108 Å². The van der Waals surface area contributed by atoms with E-state index in [1.165, 1.54) is 29.7 Å². The number of H-pyrrole nitrogens is 1. The minimum atomic E-state index is 0.0156. The SMILES string of the molecule is O=C(NC1CCC(NCc2nccc(Nc3cc(C4CC4)[nH]n3)n2)CC1)C1CCc2ccccc21. The zero-order chi connectivity index (χ0) is 23.6.